The number of aryl methyl sites for hydroxylation is 1. The first-order chi connectivity index (χ1) is 13.4. The second-order valence-corrected chi connectivity index (χ2v) is 7.18. The minimum absolute atomic E-state index is 0.0578. The third-order valence-electron chi connectivity index (χ3n) is 4.92. The lowest BCUT2D eigenvalue weighted by Crippen LogP contribution is -2.29. The number of halogens is 2. The summed E-state index contributed by atoms with van der Waals surface area (Å²) in [5.41, 5.74) is 0.542. The number of hydrogen-bond acceptors (Lipinski definition) is 5. The van der Waals surface area contributed by atoms with E-state index in [1.54, 1.807) is 6.92 Å². The number of hydrogen-bond donors (Lipinski definition) is 1. The van der Waals surface area contributed by atoms with Gasteiger partial charge in [0, 0.05) is 12.1 Å². The molecule has 28 heavy (non-hydrogen) atoms. The lowest BCUT2D eigenvalue weighted by atomic mass is 10.1. The number of fused-ring (bicyclic) bond motifs is 1. The molecular weight excluding hydrogens is 387 g/mol. The maximum absolute atomic E-state index is 14.1. The van der Waals surface area contributed by atoms with E-state index in [-0.39, 0.29) is 27.8 Å². The highest BCUT2D eigenvalue weighted by atomic mass is 35.5. The van der Waals surface area contributed by atoms with Gasteiger partial charge in [-0.2, -0.15) is 0 Å². The first-order valence-electron chi connectivity index (χ1n) is 8.77. The molecule has 0 bridgehead atoms. The molecule has 144 valence electrons. The van der Waals surface area contributed by atoms with Crippen LogP contribution in [0.4, 0.5) is 10.1 Å². The van der Waals surface area contributed by atoms with E-state index < -0.39 is 16.3 Å². The van der Waals surface area contributed by atoms with Crippen molar-refractivity contribution in [2.75, 3.05) is 6.54 Å². The van der Waals surface area contributed by atoms with E-state index in [4.69, 9.17) is 11.6 Å². The van der Waals surface area contributed by atoms with Crippen LogP contribution in [0.15, 0.2) is 35.1 Å². The number of nitrogens with one attached hydrogen (secondary N) is 1. The van der Waals surface area contributed by atoms with Crippen molar-refractivity contribution >= 4 is 28.2 Å². The quantitative estimate of drug-likeness (QED) is 0.531. The Bertz CT molecular complexity index is 1170. The van der Waals surface area contributed by atoms with Gasteiger partial charge in [0.1, 0.15) is 11.6 Å². The topological polar surface area (TPSA) is 90.1 Å². The van der Waals surface area contributed by atoms with Crippen LogP contribution >= 0.6 is 11.6 Å². The van der Waals surface area contributed by atoms with Crippen molar-refractivity contribution in [1.29, 1.82) is 0 Å². The molecule has 2 heterocycles. The van der Waals surface area contributed by atoms with Crippen molar-refractivity contribution < 1.29 is 9.31 Å². The van der Waals surface area contributed by atoms with Gasteiger partial charge in [-0.3, -0.25) is 19.5 Å². The zero-order valence-electron chi connectivity index (χ0n) is 14.9. The van der Waals surface area contributed by atoms with Gasteiger partial charge >= 0.3 is 0 Å². The molecule has 4 rings (SSSR count). The molecule has 1 fully saturated rings. The van der Waals surface area contributed by atoms with E-state index in [0.29, 0.717) is 16.9 Å². The second kappa shape index (κ2) is 6.96. The minimum Gasteiger partial charge on any atom is -0.307 e. The van der Waals surface area contributed by atoms with Gasteiger partial charge in [-0.1, -0.05) is 11.6 Å². The summed E-state index contributed by atoms with van der Waals surface area (Å²) in [4.78, 5) is 28.7. The molecular formula is C19H16ClFN4O3. The van der Waals surface area contributed by atoms with Crippen LogP contribution in [-0.4, -0.2) is 21.0 Å². The Morgan fingerprint density at radius 3 is 2.79 bits per heavy atom. The summed E-state index contributed by atoms with van der Waals surface area (Å²) in [6.45, 7) is 2.47. The minimum atomic E-state index is -0.660. The van der Waals surface area contributed by atoms with Crippen molar-refractivity contribution in [2.24, 2.45) is 0 Å². The van der Waals surface area contributed by atoms with Gasteiger partial charge in [-0.15, -0.1) is 0 Å². The first-order valence-corrected chi connectivity index (χ1v) is 9.15. The largest absolute Gasteiger partial charge is 0.307 e. The van der Waals surface area contributed by atoms with Crippen LogP contribution in [0.25, 0.3) is 16.6 Å². The van der Waals surface area contributed by atoms with Crippen LogP contribution in [-0.2, 0) is 0 Å². The maximum atomic E-state index is 14.1. The highest BCUT2D eigenvalue weighted by molar-refractivity contribution is 6.30. The summed E-state index contributed by atoms with van der Waals surface area (Å²) in [5, 5.41) is 14.6. The molecule has 1 N–H and O–H groups in total. The number of rotatable bonds is 3. The number of non-ortho nitro benzene ring substituents is 1. The van der Waals surface area contributed by atoms with Gasteiger partial charge in [0.2, 0.25) is 0 Å². The second-order valence-electron chi connectivity index (χ2n) is 6.77. The van der Waals surface area contributed by atoms with E-state index in [2.05, 4.69) is 10.3 Å². The molecule has 1 saturated heterocycles. The molecule has 1 aromatic heterocycles. The van der Waals surface area contributed by atoms with E-state index in [0.717, 1.165) is 19.4 Å². The summed E-state index contributed by atoms with van der Waals surface area (Å²) < 4.78 is 15.4. The lowest BCUT2D eigenvalue weighted by Gasteiger charge is -2.19. The number of aromatic nitrogens is 2. The van der Waals surface area contributed by atoms with Crippen molar-refractivity contribution in [1.82, 2.24) is 14.9 Å². The molecule has 9 heteroatoms. The van der Waals surface area contributed by atoms with Crippen LogP contribution in [0, 0.1) is 22.9 Å². The predicted octanol–water partition coefficient (Wildman–Crippen LogP) is 3.82. The average molecular weight is 403 g/mol. The van der Waals surface area contributed by atoms with Crippen LogP contribution in [0.1, 0.15) is 30.3 Å². The average Bonchev–Trinajstić information content (AvgIpc) is 3.19. The molecule has 0 saturated carbocycles. The Balaban J connectivity index is 2.08. The van der Waals surface area contributed by atoms with Crippen LogP contribution < -0.4 is 10.9 Å². The molecule has 1 atom stereocenters. The van der Waals surface area contributed by atoms with Gasteiger partial charge < -0.3 is 5.32 Å². The van der Waals surface area contributed by atoms with Crippen LogP contribution in [0.3, 0.4) is 0 Å². The van der Waals surface area contributed by atoms with E-state index in [9.17, 15) is 19.3 Å². The molecule has 2 aromatic carbocycles. The Hall–Kier alpha value is -2.84. The third kappa shape index (κ3) is 3.04. The highest BCUT2D eigenvalue weighted by Crippen LogP contribution is 2.28. The number of nitro benzene ring substituents is 1. The summed E-state index contributed by atoms with van der Waals surface area (Å²) in [5.74, 6) is -0.208. The van der Waals surface area contributed by atoms with Crippen molar-refractivity contribution in [3.63, 3.8) is 0 Å². The first kappa shape index (κ1) is 18.5. The predicted molar refractivity (Wildman–Crippen MR) is 104 cm³/mol. The number of nitro groups is 1. The standard InChI is InChI=1S/C19H16ClFN4O3/c1-10-7-12(25(27)28)8-13-17(10)23-18(16-3-2-6-22-16)24(19(13)26)11-4-5-14(20)15(21)9-11/h4-5,7-9,16,22H,2-3,6H2,1H3. The molecule has 3 aromatic rings. The Kier molecular flexibility index (Phi) is 4.60. The Morgan fingerprint density at radius 2 is 2.14 bits per heavy atom. The van der Waals surface area contributed by atoms with Crippen molar-refractivity contribution in [2.45, 2.75) is 25.8 Å². The van der Waals surface area contributed by atoms with E-state index >= 15 is 0 Å². The number of nitrogens with zero attached hydrogens (tertiary/aromatic N) is 3. The van der Waals surface area contributed by atoms with Gasteiger partial charge in [-0.25, -0.2) is 9.37 Å². The Morgan fingerprint density at radius 1 is 1.36 bits per heavy atom. The summed E-state index contributed by atoms with van der Waals surface area (Å²) in [7, 11) is 0. The smallest absolute Gasteiger partial charge is 0.270 e. The molecule has 1 unspecified atom stereocenters. The molecule has 0 amide bonds. The van der Waals surface area contributed by atoms with Gasteiger partial charge in [0.15, 0.2) is 0 Å². The zero-order chi connectivity index (χ0) is 20.0. The molecule has 1 aliphatic rings. The molecule has 0 spiro atoms. The van der Waals surface area contributed by atoms with Gasteiger partial charge in [0.05, 0.1) is 32.6 Å². The van der Waals surface area contributed by atoms with Crippen LogP contribution in [0.5, 0.6) is 0 Å². The summed E-state index contributed by atoms with van der Waals surface area (Å²) >= 11 is 5.78. The lowest BCUT2D eigenvalue weighted by molar-refractivity contribution is -0.384. The van der Waals surface area contributed by atoms with Gasteiger partial charge in [-0.05, 0) is 50.1 Å². The highest BCUT2D eigenvalue weighted by Gasteiger charge is 2.25. The number of benzene rings is 2. The fraction of sp³-hybridized carbons (Fsp3) is 0.263. The van der Waals surface area contributed by atoms with Gasteiger partial charge in [0.25, 0.3) is 11.2 Å². The zero-order valence-corrected chi connectivity index (χ0v) is 15.7. The van der Waals surface area contributed by atoms with E-state index in [1.165, 1.54) is 34.9 Å². The molecule has 0 aliphatic carbocycles. The summed E-state index contributed by atoms with van der Waals surface area (Å²) in [6, 6.07) is 6.50. The fourth-order valence-electron chi connectivity index (χ4n) is 3.58. The van der Waals surface area contributed by atoms with E-state index in [1.807, 2.05) is 0 Å². The van der Waals surface area contributed by atoms with Crippen molar-refractivity contribution in [3.8, 4) is 5.69 Å². The molecule has 7 nitrogen and oxygen atoms in total. The fourth-order valence-corrected chi connectivity index (χ4v) is 3.70. The monoisotopic (exact) mass is 402 g/mol. The maximum Gasteiger partial charge on any atom is 0.270 e. The SMILES string of the molecule is Cc1cc([N+](=O)[O-])cc2c(=O)n(-c3ccc(Cl)c(F)c3)c(C3CCCN3)nc12. The molecule has 1 aliphatic heterocycles. The summed E-state index contributed by atoms with van der Waals surface area (Å²) in [6.07, 6.45) is 1.70. The van der Waals surface area contributed by atoms with Crippen molar-refractivity contribution in [3.05, 3.63) is 73.0 Å². The third-order valence-corrected chi connectivity index (χ3v) is 5.22. The Labute approximate surface area is 163 Å². The van der Waals surface area contributed by atoms with Crippen LogP contribution in [0.2, 0.25) is 5.02 Å². The molecule has 0 radical (unpaired) electrons. The normalized spacial score (nSPS) is 16.6.